The van der Waals surface area contributed by atoms with Gasteiger partial charge in [-0.3, -0.25) is 9.59 Å². The zero-order valence-electron chi connectivity index (χ0n) is 18.1. The van der Waals surface area contributed by atoms with Gasteiger partial charge in [-0.05, 0) is 43.7 Å². The molecule has 1 saturated carbocycles. The normalized spacial score (nSPS) is 26.3. The summed E-state index contributed by atoms with van der Waals surface area (Å²) in [6.45, 7) is 3.03. The fourth-order valence-electron chi connectivity index (χ4n) is 4.91. The fourth-order valence-corrected chi connectivity index (χ4v) is 5.46. The number of nitrogens with one attached hydrogen (secondary N) is 1. The molecule has 2 amide bonds. The molecule has 2 aliphatic heterocycles. The summed E-state index contributed by atoms with van der Waals surface area (Å²) in [5.74, 6) is 1.24. The van der Waals surface area contributed by atoms with Crippen LogP contribution < -0.4 is 10.2 Å². The molecule has 0 bridgehead atoms. The number of nitrogens with zero attached hydrogens (tertiary/aromatic N) is 3. The Labute approximate surface area is 184 Å². The smallest absolute Gasteiger partial charge is 0.228 e. The molecule has 0 spiro atoms. The number of carbonyl (C=O) groups is 2. The van der Waals surface area contributed by atoms with Crippen molar-refractivity contribution in [1.82, 2.24) is 15.2 Å². The second kappa shape index (κ2) is 8.76. The summed E-state index contributed by atoms with van der Waals surface area (Å²) in [5.41, 5.74) is -0.557. The van der Waals surface area contributed by atoms with Gasteiger partial charge in [0.2, 0.25) is 11.8 Å². The van der Waals surface area contributed by atoms with Gasteiger partial charge >= 0.3 is 0 Å². The van der Waals surface area contributed by atoms with Gasteiger partial charge in [-0.25, -0.2) is 13.4 Å². The first-order chi connectivity index (χ1) is 14.8. The van der Waals surface area contributed by atoms with Gasteiger partial charge in [-0.15, -0.1) is 0 Å². The lowest BCUT2D eigenvalue weighted by Gasteiger charge is -2.32. The summed E-state index contributed by atoms with van der Waals surface area (Å²) >= 11 is 0. The topological polar surface area (TPSA) is 99.7 Å². The lowest BCUT2D eigenvalue weighted by Crippen LogP contribution is -2.48. The molecule has 170 valence electrons. The highest BCUT2D eigenvalue weighted by Gasteiger charge is 2.53. The van der Waals surface area contributed by atoms with E-state index in [1.54, 1.807) is 11.1 Å². The Morgan fingerprint density at radius 1 is 1.26 bits per heavy atom. The summed E-state index contributed by atoms with van der Waals surface area (Å²) < 4.78 is 23.0. The van der Waals surface area contributed by atoms with E-state index in [1.165, 1.54) is 12.8 Å². The van der Waals surface area contributed by atoms with Gasteiger partial charge in [0.15, 0.2) is 0 Å². The van der Waals surface area contributed by atoms with Crippen molar-refractivity contribution in [2.75, 3.05) is 49.6 Å². The molecule has 3 aliphatic rings. The average molecular weight is 449 g/mol. The molecule has 0 unspecified atom stereocenters. The molecule has 3 heterocycles. The van der Waals surface area contributed by atoms with E-state index in [9.17, 15) is 18.0 Å². The largest absolute Gasteiger partial charge is 0.355 e. The highest BCUT2D eigenvalue weighted by molar-refractivity contribution is 7.90. The van der Waals surface area contributed by atoms with Crippen LogP contribution in [-0.2, 0) is 19.4 Å². The SMILES string of the molecule is CS(=O)(=O)CCC(=O)N1CCC[C@]2(C(=O)NCC3CC3)CN(c3ccccn3)C[C@@H]2C1. The van der Waals surface area contributed by atoms with E-state index in [0.29, 0.717) is 38.5 Å². The van der Waals surface area contributed by atoms with Crippen molar-refractivity contribution in [3.63, 3.8) is 0 Å². The number of carbonyl (C=O) groups excluding carboxylic acids is 2. The Morgan fingerprint density at radius 2 is 2.06 bits per heavy atom. The summed E-state index contributed by atoms with van der Waals surface area (Å²) in [5, 5.41) is 3.20. The van der Waals surface area contributed by atoms with Gasteiger partial charge in [0, 0.05) is 57.5 Å². The number of fused-ring (bicyclic) bond motifs is 1. The van der Waals surface area contributed by atoms with Gasteiger partial charge in [0.25, 0.3) is 0 Å². The fraction of sp³-hybridized carbons (Fsp3) is 0.682. The van der Waals surface area contributed by atoms with Gasteiger partial charge < -0.3 is 15.1 Å². The highest BCUT2D eigenvalue weighted by atomic mass is 32.2. The number of sulfone groups is 1. The molecule has 1 aromatic heterocycles. The zero-order chi connectivity index (χ0) is 22.1. The van der Waals surface area contributed by atoms with Gasteiger partial charge in [0.1, 0.15) is 15.7 Å². The quantitative estimate of drug-likeness (QED) is 0.670. The predicted octanol–water partition coefficient (Wildman–Crippen LogP) is 1.09. The zero-order valence-corrected chi connectivity index (χ0v) is 18.9. The Balaban J connectivity index is 1.53. The van der Waals surface area contributed by atoms with E-state index < -0.39 is 15.3 Å². The van der Waals surface area contributed by atoms with Crippen molar-refractivity contribution in [2.24, 2.45) is 17.3 Å². The van der Waals surface area contributed by atoms with E-state index in [0.717, 1.165) is 25.0 Å². The van der Waals surface area contributed by atoms with Crippen LogP contribution in [0.4, 0.5) is 5.82 Å². The van der Waals surface area contributed by atoms with Gasteiger partial charge in [-0.2, -0.15) is 0 Å². The van der Waals surface area contributed by atoms with E-state index in [2.05, 4.69) is 15.2 Å². The average Bonchev–Trinajstić information content (AvgIpc) is 3.53. The van der Waals surface area contributed by atoms with Crippen LogP contribution in [0.1, 0.15) is 32.1 Å². The maximum Gasteiger partial charge on any atom is 0.228 e. The Kier molecular flexibility index (Phi) is 6.23. The van der Waals surface area contributed by atoms with E-state index in [1.807, 2.05) is 18.2 Å². The van der Waals surface area contributed by atoms with E-state index in [4.69, 9.17) is 0 Å². The third kappa shape index (κ3) is 5.19. The molecule has 3 fully saturated rings. The van der Waals surface area contributed by atoms with Crippen LogP contribution in [0.15, 0.2) is 24.4 Å². The Bertz CT molecular complexity index is 919. The highest BCUT2D eigenvalue weighted by Crippen LogP contribution is 2.44. The number of hydrogen-bond donors (Lipinski definition) is 1. The second-order valence-corrected chi connectivity index (χ2v) is 11.7. The summed E-state index contributed by atoms with van der Waals surface area (Å²) in [6.07, 6.45) is 6.71. The summed E-state index contributed by atoms with van der Waals surface area (Å²) in [6, 6.07) is 5.77. The minimum atomic E-state index is -3.19. The van der Waals surface area contributed by atoms with Gasteiger partial charge in [0.05, 0.1) is 11.2 Å². The van der Waals surface area contributed by atoms with Crippen LogP contribution in [0.2, 0.25) is 0 Å². The predicted molar refractivity (Wildman–Crippen MR) is 118 cm³/mol. The monoisotopic (exact) mass is 448 g/mol. The van der Waals surface area contributed by atoms with Crippen LogP contribution in [-0.4, -0.2) is 74.8 Å². The van der Waals surface area contributed by atoms with Crippen molar-refractivity contribution in [2.45, 2.75) is 32.1 Å². The molecule has 2 atom stereocenters. The first-order valence-corrected chi connectivity index (χ1v) is 13.2. The molecule has 1 aromatic rings. The second-order valence-electron chi connectivity index (χ2n) is 9.40. The third-order valence-electron chi connectivity index (χ3n) is 6.90. The molecule has 0 radical (unpaired) electrons. The Hall–Kier alpha value is -2.16. The maximum atomic E-state index is 13.5. The molecule has 9 heteroatoms. The lowest BCUT2D eigenvalue weighted by atomic mass is 9.74. The summed E-state index contributed by atoms with van der Waals surface area (Å²) in [7, 11) is -3.19. The molecule has 4 rings (SSSR count). The minimum Gasteiger partial charge on any atom is -0.355 e. The van der Waals surface area contributed by atoms with Crippen molar-refractivity contribution in [1.29, 1.82) is 0 Å². The molecule has 2 saturated heterocycles. The number of rotatable bonds is 7. The number of pyridine rings is 1. The summed E-state index contributed by atoms with van der Waals surface area (Å²) in [4.78, 5) is 34.6. The van der Waals surface area contributed by atoms with Crippen molar-refractivity contribution < 1.29 is 18.0 Å². The van der Waals surface area contributed by atoms with E-state index >= 15 is 0 Å². The molecule has 1 N–H and O–H groups in total. The molecule has 8 nitrogen and oxygen atoms in total. The minimum absolute atomic E-state index is 0.00359. The van der Waals surface area contributed by atoms with Crippen LogP contribution in [0.3, 0.4) is 0 Å². The van der Waals surface area contributed by atoms with Crippen LogP contribution >= 0.6 is 0 Å². The third-order valence-corrected chi connectivity index (χ3v) is 7.85. The van der Waals surface area contributed by atoms with Crippen LogP contribution in [0.25, 0.3) is 0 Å². The number of hydrogen-bond acceptors (Lipinski definition) is 6. The standard InChI is InChI=1S/C22H32N4O4S/c1-31(29,30)12-8-20(27)25-11-4-9-22(21(28)24-13-17-6-7-17)16-26(15-18(22)14-25)19-5-2-3-10-23-19/h2-3,5,10,17-18H,4,6-9,11-16H2,1H3,(H,24,28)/t18-,22-/m0/s1. The van der Waals surface area contributed by atoms with Gasteiger partial charge in [-0.1, -0.05) is 6.07 Å². The number of anilines is 1. The molecule has 0 aromatic carbocycles. The van der Waals surface area contributed by atoms with Crippen molar-refractivity contribution in [3.8, 4) is 0 Å². The molecule has 31 heavy (non-hydrogen) atoms. The number of aromatic nitrogens is 1. The first kappa shape index (κ1) is 22.0. The first-order valence-electron chi connectivity index (χ1n) is 11.2. The van der Waals surface area contributed by atoms with Crippen molar-refractivity contribution >= 4 is 27.5 Å². The van der Waals surface area contributed by atoms with Crippen LogP contribution in [0, 0.1) is 17.3 Å². The van der Waals surface area contributed by atoms with E-state index in [-0.39, 0.29) is 29.9 Å². The Morgan fingerprint density at radius 3 is 2.74 bits per heavy atom. The molecule has 1 aliphatic carbocycles. The number of likely N-dealkylation sites (tertiary alicyclic amines) is 1. The maximum absolute atomic E-state index is 13.5. The molecular weight excluding hydrogens is 416 g/mol. The number of amides is 2. The lowest BCUT2D eigenvalue weighted by molar-refractivity contribution is -0.135. The molecular formula is C22H32N4O4S. The van der Waals surface area contributed by atoms with Crippen molar-refractivity contribution in [3.05, 3.63) is 24.4 Å². The van der Waals surface area contributed by atoms with Crippen LogP contribution in [0.5, 0.6) is 0 Å².